The monoisotopic (exact) mass is 236 g/mol. The van der Waals surface area contributed by atoms with Gasteiger partial charge >= 0.3 is 5.69 Å². The van der Waals surface area contributed by atoms with Crippen LogP contribution in [0.25, 0.3) is 5.65 Å². The Hall–Kier alpha value is -1.69. The number of hydrogen-bond acceptors (Lipinski definition) is 4. The smallest absolute Gasteiger partial charge is 0.364 e. The molecule has 6 nitrogen and oxygen atoms in total. The first-order chi connectivity index (χ1) is 7.88. The molecule has 17 heavy (non-hydrogen) atoms. The predicted molar refractivity (Wildman–Crippen MR) is 62.8 cm³/mol. The molecule has 2 aromatic heterocycles. The molecule has 0 aromatic carbocycles. The Labute approximate surface area is 98.3 Å². The quantitative estimate of drug-likeness (QED) is 0.789. The molecule has 0 amide bonds. The highest BCUT2D eigenvalue weighted by atomic mass is 16.3. The molecular formula is C11H16N4O2. The van der Waals surface area contributed by atoms with Crippen LogP contribution in [0.1, 0.15) is 26.5 Å². The lowest BCUT2D eigenvalue weighted by atomic mass is 9.86. The molecule has 0 spiro atoms. The third-order valence-corrected chi connectivity index (χ3v) is 2.73. The maximum absolute atomic E-state index is 11.3. The number of aromatic amines is 1. The number of aromatic nitrogens is 4. The zero-order chi connectivity index (χ0) is 12.6. The van der Waals surface area contributed by atoms with Crippen molar-refractivity contribution in [3.63, 3.8) is 0 Å². The van der Waals surface area contributed by atoms with Gasteiger partial charge in [-0.05, 0) is 17.5 Å². The summed E-state index contributed by atoms with van der Waals surface area (Å²) in [5.74, 6) is 0. The van der Waals surface area contributed by atoms with E-state index in [1.54, 1.807) is 12.1 Å². The number of H-pyrrole nitrogens is 1. The van der Waals surface area contributed by atoms with Gasteiger partial charge in [0.1, 0.15) is 0 Å². The molecule has 0 aliphatic carbocycles. The number of hydrogen-bond donors (Lipinski definition) is 2. The van der Waals surface area contributed by atoms with Crippen molar-refractivity contribution in [1.29, 1.82) is 0 Å². The maximum Gasteiger partial charge on any atom is 0.364 e. The number of aliphatic hydroxyl groups excluding tert-OH is 1. The second kappa shape index (κ2) is 3.96. The molecule has 2 rings (SSSR count). The summed E-state index contributed by atoms with van der Waals surface area (Å²) < 4.78 is 1.20. The van der Waals surface area contributed by atoms with Crippen LogP contribution < -0.4 is 5.69 Å². The molecule has 2 aromatic rings. The SMILES string of the molecule is CC(C)(C)C(O)Cc1ccc2n[nH]c(=O)n2n1. The van der Waals surface area contributed by atoms with Crippen molar-refractivity contribution in [3.05, 3.63) is 28.3 Å². The van der Waals surface area contributed by atoms with Crippen LogP contribution in [0.2, 0.25) is 0 Å². The molecule has 0 aliphatic heterocycles. The first kappa shape index (κ1) is 11.8. The van der Waals surface area contributed by atoms with Crippen LogP contribution in [0.5, 0.6) is 0 Å². The highest BCUT2D eigenvalue weighted by molar-refractivity contribution is 5.34. The molecule has 0 bridgehead atoms. The Kier molecular flexibility index (Phi) is 2.74. The molecule has 0 radical (unpaired) electrons. The Balaban J connectivity index is 2.31. The van der Waals surface area contributed by atoms with Gasteiger partial charge in [-0.3, -0.25) is 0 Å². The van der Waals surface area contributed by atoms with Gasteiger partial charge in [0, 0.05) is 6.42 Å². The molecule has 0 fully saturated rings. The minimum Gasteiger partial charge on any atom is -0.392 e. The predicted octanol–water partition coefficient (Wildman–Crippen LogP) is 0.367. The average molecular weight is 236 g/mol. The normalized spacial score (nSPS) is 14.1. The Morgan fingerprint density at radius 1 is 1.47 bits per heavy atom. The van der Waals surface area contributed by atoms with Crippen molar-refractivity contribution in [2.45, 2.75) is 33.3 Å². The molecular weight excluding hydrogens is 220 g/mol. The fourth-order valence-electron chi connectivity index (χ4n) is 1.45. The minimum atomic E-state index is -0.505. The molecule has 6 heteroatoms. The summed E-state index contributed by atoms with van der Waals surface area (Å²) in [4.78, 5) is 11.3. The zero-order valence-corrected chi connectivity index (χ0v) is 10.1. The van der Waals surface area contributed by atoms with Crippen molar-refractivity contribution >= 4 is 5.65 Å². The van der Waals surface area contributed by atoms with E-state index in [9.17, 15) is 9.90 Å². The van der Waals surface area contributed by atoms with Gasteiger partial charge < -0.3 is 5.11 Å². The highest BCUT2D eigenvalue weighted by Crippen LogP contribution is 2.21. The highest BCUT2D eigenvalue weighted by Gasteiger charge is 2.23. The summed E-state index contributed by atoms with van der Waals surface area (Å²) >= 11 is 0. The van der Waals surface area contributed by atoms with Crippen molar-refractivity contribution in [2.75, 3.05) is 0 Å². The first-order valence-electron chi connectivity index (χ1n) is 5.49. The second-order valence-electron chi connectivity index (χ2n) is 5.21. The summed E-state index contributed by atoms with van der Waals surface area (Å²) in [6, 6.07) is 3.47. The third kappa shape index (κ3) is 2.36. The summed E-state index contributed by atoms with van der Waals surface area (Å²) in [6.45, 7) is 5.88. The minimum absolute atomic E-state index is 0.210. The molecule has 2 N–H and O–H groups in total. The molecule has 2 heterocycles. The van der Waals surface area contributed by atoms with E-state index in [1.807, 2.05) is 20.8 Å². The van der Waals surface area contributed by atoms with Gasteiger partial charge in [-0.2, -0.15) is 14.7 Å². The van der Waals surface area contributed by atoms with E-state index < -0.39 is 6.10 Å². The van der Waals surface area contributed by atoms with E-state index in [2.05, 4.69) is 15.3 Å². The van der Waals surface area contributed by atoms with Gasteiger partial charge in [0.2, 0.25) is 0 Å². The molecule has 1 unspecified atom stereocenters. The van der Waals surface area contributed by atoms with Crippen LogP contribution in [0.4, 0.5) is 0 Å². The van der Waals surface area contributed by atoms with Crippen molar-refractivity contribution in [2.24, 2.45) is 5.41 Å². The number of nitrogens with one attached hydrogen (secondary N) is 1. The standard InChI is InChI=1S/C11H16N4O2/c1-11(2,3)8(16)6-7-4-5-9-12-13-10(17)15(9)14-7/h4-5,8,16H,6H2,1-3H3,(H,13,17). The van der Waals surface area contributed by atoms with Gasteiger partial charge in [0.15, 0.2) is 5.65 Å². The molecule has 92 valence electrons. The lowest BCUT2D eigenvalue weighted by molar-refractivity contribution is 0.0625. The van der Waals surface area contributed by atoms with Gasteiger partial charge in [-0.15, -0.1) is 0 Å². The van der Waals surface area contributed by atoms with Crippen LogP contribution in [-0.4, -0.2) is 31.0 Å². The second-order valence-corrected chi connectivity index (χ2v) is 5.21. The van der Waals surface area contributed by atoms with Crippen LogP contribution >= 0.6 is 0 Å². The number of fused-ring (bicyclic) bond motifs is 1. The largest absolute Gasteiger partial charge is 0.392 e. The molecule has 0 saturated heterocycles. The van der Waals surface area contributed by atoms with E-state index in [-0.39, 0.29) is 11.1 Å². The summed E-state index contributed by atoms with van der Waals surface area (Å²) in [5.41, 5.74) is 0.567. The third-order valence-electron chi connectivity index (χ3n) is 2.73. The first-order valence-corrected chi connectivity index (χ1v) is 5.49. The van der Waals surface area contributed by atoms with E-state index in [1.165, 1.54) is 4.52 Å². The maximum atomic E-state index is 11.3. The number of nitrogens with zero attached hydrogens (tertiary/aromatic N) is 3. The summed E-state index contributed by atoms with van der Waals surface area (Å²) in [5, 5.41) is 20.2. The molecule has 1 atom stereocenters. The van der Waals surface area contributed by atoms with Crippen LogP contribution in [-0.2, 0) is 6.42 Å². The van der Waals surface area contributed by atoms with Crippen molar-refractivity contribution in [1.82, 2.24) is 19.8 Å². The van der Waals surface area contributed by atoms with Crippen molar-refractivity contribution in [3.8, 4) is 0 Å². The fourth-order valence-corrected chi connectivity index (χ4v) is 1.45. The Morgan fingerprint density at radius 2 is 2.18 bits per heavy atom. The van der Waals surface area contributed by atoms with Crippen LogP contribution in [0.15, 0.2) is 16.9 Å². The van der Waals surface area contributed by atoms with E-state index >= 15 is 0 Å². The van der Waals surface area contributed by atoms with Crippen molar-refractivity contribution < 1.29 is 5.11 Å². The molecule has 0 saturated carbocycles. The van der Waals surface area contributed by atoms with Crippen LogP contribution in [0.3, 0.4) is 0 Å². The van der Waals surface area contributed by atoms with Gasteiger partial charge in [0.05, 0.1) is 11.8 Å². The van der Waals surface area contributed by atoms with Gasteiger partial charge in [-0.1, -0.05) is 20.8 Å². The summed E-state index contributed by atoms with van der Waals surface area (Å²) in [7, 11) is 0. The van der Waals surface area contributed by atoms with E-state index in [4.69, 9.17) is 0 Å². The Morgan fingerprint density at radius 3 is 2.82 bits per heavy atom. The molecule has 0 aliphatic rings. The topological polar surface area (TPSA) is 83.3 Å². The van der Waals surface area contributed by atoms with Gasteiger partial charge in [0.25, 0.3) is 0 Å². The van der Waals surface area contributed by atoms with Gasteiger partial charge in [-0.25, -0.2) is 9.89 Å². The number of aliphatic hydroxyl groups is 1. The number of rotatable bonds is 2. The average Bonchev–Trinajstić information content (AvgIpc) is 2.59. The summed E-state index contributed by atoms with van der Waals surface area (Å²) in [6.07, 6.45) is -0.0908. The zero-order valence-electron chi connectivity index (χ0n) is 10.1. The Bertz CT molecular complexity index is 579. The van der Waals surface area contributed by atoms with E-state index in [0.717, 1.165) is 0 Å². The van der Waals surface area contributed by atoms with Crippen LogP contribution in [0, 0.1) is 5.41 Å². The lowest BCUT2D eigenvalue weighted by Gasteiger charge is -2.25. The fraction of sp³-hybridized carbons (Fsp3) is 0.545. The lowest BCUT2D eigenvalue weighted by Crippen LogP contribution is -2.29. The van der Waals surface area contributed by atoms with E-state index in [0.29, 0.717) is 17.8 Å².